The zero-order valence-corrected chi connectivity index (χ0v) is 19.6. The number of anilines is 2. The van der Waals surface area contributed by atoms with Crippen molar-refractivity contribution in [1.29, 1.82) is 0 Å². The number of nitrogens with one attached hydrogen (secondary N) is 3. The number of nitrogens with zero attached hydrogens (tertiary/aromatic N) is 2. The van der Waals surface area contributed by atoms with Crippen LogP contribution in [0.1, 0.15) is 49.4 Å². The van der Waals surface area contributed by atoms with Crippen LogP contribution in [0.4, 0.5) is 11.6 Å². The van der Waals surface area contributed by atoms with E-state index in [1.54, 1.807) is 0 Å². The molecule has 1 fully saturated rings. The van der Waals surface area contributed by atoms with Gasteiger partial charge in [-0.25, -0.2) is 4.98 Å². The van der Waals surface area contributed by atoms with Gasteiger partial charge in [0.05, 0.1) is 5.39 Å². The summed E-state index contributed by atoms with van der Waals surface area (Å²) in [4.78, 5) is 12.5. The molecule has 2 aromatic carbocycles. The second kappa shape index (κ2) is 9.98. The van der Waals surface area contributed by atoms with E-state index in [9.17, 15) is 0 Å². The fraction of sp³-hybridized carbons (Fsp3) is 0.286. The summed E-state index contributed by atoms with van der Waals surface area (Å²) in [5, 5.41) is 7.58. The first-order chi connectivity index (χ1) is 16.7. The highest BCUT2D eigenvalue weighted by atomic mass is 16.5. The lowest BCUT2D eigenvalue weighted by atomic mass is 9.97. The molecule has 0 radical (unpaired) electrons. The van der Waals surface area contributed by atoms with E-state index in [1.807, 2.05) is 42.6 Å². The highest BCUT2D eigenvalue weighted by Gasteiger charge is 2.14. The largest absolute Gasteiger partial charge is 0.490 e. The van der Waals surface area contributed by atoms with Gasteiger partial charge in [-0.15, -0.1) is 0 Å². The molecule has 5 rings (SSSR count). The summed E-state index contributed by atoms with van der Waals surface area (Å²) >= 11 is 0. The number of hydrogen-bond donors (Lipinski definition) is 3. The van der Waals surface area contributed by atoms with Crippen molar-refractivity contribution in [1.82, 2.24) is 20.3 Å². The minimum atomic E-state index is 0.278. The third-order valence-electron chi connectivity index (χ3n) is 6.01. The smallest absolute Gasteiger partial charge is 0.230 e. The van der Waals surface area contributed by atoms with Crippen LogP contribution in [-0.4, -0.2) is 34.1 Å². The molecule has 172 valence electrons. The Balaban J connectivity index is 1.37. The van der Waals surface area contributed by atoms with Crippen LogP contribution in [0.5, 0.6) is 5.75 Å². The van der Waals surface area contributed by atoms with Crippen molar-refractivity contribution in [2.45, 2.75) is 38.7 Å². The molecule has 6 heteroatoms. The van der Waals surface area contributed by atoms with E-state index < -0.39 is 0 Å². The van der Waals surface area contributed by atoms with Gasteiger partial charge in [0, 0.05) is 17.4 Å². The van der Waals surface area contributed by atoms with Gasteiger partial charge < -0.3 is 20.4 Å². The van der Waals surface area contributed by atoms with Crippen molar-refractivity contribution in [2.24, 2.45) is 0 Å². The van der Waals surface area contributed by atoms with Gasteiger partial charge in [0.1, 0.15) is 23.2 Å². The highest BCUT2D eigenvalue weighted by molar-refractivity contribution is 5.82. The number of rotatable bonds is 5. The maximum absolute atomic E-state index is 6.10. The molecule has 0 unspecified atom stereocenters. The Labute approximate surface area is 200 Å². The minimum absolute atomic E-state index is 0.278. The predicted octanol–water partition coefficient (Wildman–Crippen LogP) is 5.36. The Morgan fingerprint density at radius 1 is 0.971 bits per heavy atom. The van der Waals surface area contributed by atoms with Crippen LogP contribution in [0.15, 0.2) is 60.8 Å². The van der Waals surface area contributed by atoms with Crippen molar-refractivity contribution in [2.75, 3.05) is 18.4 Å². The molecule has 1 aliphatic heterocycles. The minimum Gasteiger partial charge on any atom is -0.490 e. The van der Waals surface area contributed by atoms with Gasteiger partial charge in [-0.2, -0.15) is 4.98 Å². The third-order valence-corrected chi connectivity index (χ3v) is 6.01. The number of benzene rings is 2. The van der Waals surface area contributed by atoms with E-state index in [2.05, 4.69) is 64.5 Å². The molecule has 34 heavy (non-hydrogen) atoms. The summed E-state index contributed by atoms with van der Waals surface area (Å²) in [6.07, 6.45) is 4.22. The standard InChI is InChI=1S/C28H29N5O/c1-19(2)24-6-4-3-5-20(24)7-12-26-25-15-18-30-27(25)33-28(32-26)31-21-8-10-22(11-9-21)34-23-13-16-29-17-14-23/h3-6,8-11,15,18-19,23,29H,13-14,16-17H2,1-2H3,(H2,30,31,32,33). The Bertz CT molecular complexity index is 1320. The molecule has 4 aromatic rings. The second-order valence-electron chi connectivity index (χ2n) is 8.84. The molecule has 0 bridgehead atoms. The van der Waals surface area contributed by atoms with Gasteiger partial charge in [0.2, 0.25) is 5.95 Å². The van der Waals surface area contributed by atoms with E-state index in [0.29, 0.717) is 17.6 Å². The average Bonchev–Trinajstić information content (AvgIpc) is 3.33. The zero-order valence-electron chi connectivity index (χ0n) is 19.6. The molecule has 3 N–H and O–H groups in total. The molecular formula is C28H29N5O. The molecule has 2 aromatic heterocycles. The normalized spacial score (nSPS) is 14.1. The van der Waals surface area contributed by atoms with Crippen LogP contribution in [0.2, 0.25) is 0 Å². The van der Waals surface area contributed by atoms with Crippen molar-refractivity contribution < 1.29 is 4.74 Å². The number of H-pyrrole nitrogens is 1. The summed E-state index contributed by atoms with van der Waals surface area (Å²) in [5.41, 5.74) is 4.61. The number of aromatic nitrogens is 3. The molecule has 0 saturated carbocycles. The Hall–Kier alpha value is -3.82. The topological polar surface area (TPSA) is 74.9 Å². The van der Waals surface area contributed by atoms with E-state index in [0.717, 1.165) is 54.0 Å². The molecule has 1 aliphatic rings. The molecule has 0 atom stereocenters. The number of aromatic amines is 1. The molecule has 6 nitrogen and oxygen atoms in total. The van der Waals surface area contributed by atoms with E-state index in [4.69, 9.17) is 9.72 Å². The van der Waals surface area contributed by atoms with Gasteiger partial charge in [-0.1, -0.05) is 38.0 Å². The summed E-state index contributed by atoms with van der Waals surface area (Å²) in [6, 6.07) is 18.2. The van der Waals surface area contributed by atoms with Gasteiger partial charge in [0.15, 0.2) is 0 Å². The SMILES string of the molecule is CC(C)c1ccccc1C#Cc1nc(Nc2ccc(OC3CCNCC3)cc2)nc2[nH]ccc12. The monoisotopic (exact) mass is 451 g/mol. The number of ether oxygens (including phenoxy) is 1. The predicted molar refractivity (Wildman–Crippen MR) is 137 cm³/mol. The van der Waals surface area contributed by atoms with E-state index in [-0.39, 0.29) is 6.10 Å². The maximum atomic E-state index is 6.10. The van der Waals surface area contributed by atoms with Gasteiger partial charge in [-0.3, -0.25) is 0 Å². The lowest BCUT2D eigenvalue weighted by Gasteiger charge is -2.23. The second-order valence-corrected chi connectivity index (χ2v) is 8.84. The highest BCUT2D eigenvalue weighted by Crippen LogP contribution is 2.23. The number of fused-ring (bicyclic) bond motifs is 1. The van der Waals surface area contributed by atoms with Crippen molar-refractivity contribution >= 4 is 22.7 Å². The van der Waals surface area contributed by atoms with Crippen molar-refractivity contribution in [3.8, 4) is 17.6 Å². The summed E-state index contributed by atoms with van der Waals surface area (Å²) < 4.78 is 6.10. The third kappa shape index (κ3) is 5.05. The van der Waals surface area contributed by atoms with E-state index >= 15 is 0 Å². The summed E-state index contributed by atoms with van der Waals surface area (Å²) in [7, 11) is 0. The Morgan fingerprint density at radius 3 is 2.56 bits per heavy atom. The van der Waals surface area contributed by atoms with Gasteiger partial charge >= 0.3 is 0 Å². The summed E-state index contributed by atoms with van der Waals surface area (Å²) in [6.45, 7) is 6.38. The van der Waals surface area contributed by atoms with Crippen LogP contribution in [0, 0.1) is 11.8 Å². The molecule has 3 heterocycles. The average molecular weight is 452 g/mol. The fourth-order valence-corrected chi connectivity index (χ4v) is 4.18. The molecule has 0 aliphatic carbocycles. The summed E-state index contributed by atoms with van der Waals surface area (Å²) in [5.74, 6) is 8.40. The molecule has 0 spiro atoms. The maximum Gasteiger partial charge on any atom is 0.230 e. The Morgan fingerprint density at radius 2 is 1.76 bits per heavy atom. The lowest BCUT2D eigenvalue weighted by Crippen LogP contribution is -2.34. The van der Waals surface area contributed by atoms with Crippen LogP contribution in [0.25, 0.3) is 11.0 Å². The first-order valence-electron chi connectivity index (χ1n) is 11.9. The number of piperidine rings is 1. The van der Waals surface area contributed by atoms with Crippen molar-refractivity contribution in [3.05, 3.63) is 77.6 Å². The van der Waals surface area contributed by atoms with Crippen LogP contribution >= 0.6 is 0 Å². The zero-order chi connectivity index (χ0) is 23.3. The van der Waals surface area contributed by atoms with Gasteiger partial charge in [-0.05, 0) is 79.7 Å². The van der Waals surface area contributed by atoms with Crippen LogP contribution < -0.4 is 15.4 Å². The van der Waals surface area contributed by atoms with Crippen molar-refractivity contribution in [3.63, 3.8) is 0 Å². The quantitative estimate of drug-likeness (QED) is 0.357. The Kier molecular flexibility index (Phi) is 6.46. The van der Waals surface area contributed by atoms with Gasteiger partial charge in [0.25, 0.3) is 0 Å². The van der Waals surface area contributed by atoms with Crippen LogP contribution in [-0.2, 0) is 0 Å². The number of hydrogen-bond acceptors (Lipinski definition) is 5. The van der Waals surface area contributed by atoms with Crippen LogP contribution in [0.3, 0.4) is 0 Å². The van der Waals surface area contributed by atoms with E-state index in [1.165, 1.54) is 5.56 Å². The molecular weight excluding hydrogens is 422 g/mol. The molecule has 0 amide bonds. The molecule has 1 saturated heterocycles. The first-order valence-corrected chi connectivity index (χ1v) is 11.9. The first kappa shape index (κ1) is 22.0. The lowest BCUT2D eigenvalue weighted by molar-refractivity contribution is 0.162. The fourth-order valence-electron chi connectivity index (χ4n) is 4.18.